The molecule has 0 aromatic heterocycles. The first-order valence-corrected chi connectivity index (χ1v) is 16.4. The Balaban J connectivity index is 1.35. The second-order valence-electron chi connectivity index (χ2n) is 10.7. The number of carbonyl (C=O) groups is 3. The normalized spacial score (nSPS) is 14.4. The highest BCUT2D eigenvalue weighted by atomic mass is 32.2. The number of aliphatic imine (C=N–C) groups is 1. The minimum Gasteiger partial charge on any atom is -0.489 e. The van der Waals surface area contributed by atoms with E-state index in [0.717, 1.165) is 28.5 Å². The largest absolute Gasteiger partial charge is 0.489 e. The van der Waals surface area contributed by atoms with E-state index in [0.29, 0.717) is 23.6 Å². The van der Waals surface area contributed by atoms with Gasteiger partial charge in [0, 0.05) is 5.70 Å². The zero-order valence-corrected chi connectivity index (χ0v) is 27.3. The van der Waals surface area contributed by atoms with Gasteiger partial charge in [-0.1, -0.05) is 140 Å². The summed E-state index contributed by atoms with van der Waals surface area (Å²) in [6.07, 6.45) is 8.24. The number of nitrogens with zero attached hydrogens (tertiary/aromatic N) is 2. The second-order valence-corrected chi connectivity index (χ2v) is 11.6. The smallest absolute Gasteiger partial charge is 0.285 e. The van der Waals surface area contributed by atoms with Gasteiger partial charge in [-0.2, -0.15) is 4.99 Å². The summed E-state index contributed by atoms with van der Waals surface area (Å²) in [7, 11) is 0. The van der Waals surface area contributed by atoms with Crippen LogP contribution in [0, 0.1) is 0 Å². The number of allylic oxidation sites excluding steroid dienone is 4. The van der Waals surface area contributed by atoms with E-state index in [1.165, 1.54) is 11.0 Å². The van der Waals surface area contributed by atoms with Crippen molar-refractivity contribution in [3.05, 3.63) is 180 Å². The molecule has 0 unspecified atom stereocenters. The predicted octanol–water partition coefficient (Wildman–Crippen LogP) is 7.66. The Hall–Kier alpha value is -5.73. The summed E-state index contributed by atoms with van der Waals surface area (Å²) < 4.78 is 5.87. The molecule has 1 aliphatic rings. The van der Waals surface area contributed by atoms with Crippen molar-refractivity contribution in [1.82, 2.24) is 10.2 Å². The number of amides is 3. The fraction of sp³-hybridized carbons (Fsp3) is 0.100. The first-order valence-electron chi connectivity index (χ1n) is 15.4. The third-order valence-electron chi connectivity index (χ3n) is 7.35. The van der Waals surface area contributed by atoms with Crippen molar-refractivity contribution in [3.63, 3.8) is 0 Å². The molecule has 3 amide bonds. The Kier molecular flexibility index (Phi) is 11.7. The maximum Gasteiger partial charge on any atom is 0.285 e. The van der Waals surface area contributed by atoms with Crippen LogP contribution < -0.4 is 10.1 Å². The third kappa shape index (κ3) is 8.74. The number of rotatable bonds is 12. The van der Waals surface area contributed by atoms with Gasteiger partial charge in [0.1, 0.15) is 17.9 Å². The van der Waals surface area contributed by atoms with E-state index >= 15 is 0 Å². The van der Waals surface area contributed by atoms with E-state index in [-0.39, 0.29) is 28.4 Å². The van der Waals surface area contributed by atoms with E-state index in [2.05, 4.69) is 16.9 Å². The molecule has 0 radical (unpaired) electrons. The fourth-order valence-electron chi connectivity index (χ4n) is 4.96. The molecule has 1 N–H and O–H groups in total. The Morgan fingerprint density at radius 2 is 1.50 bits per heavy atom. The van der Waals surface area contributed by atoms with Crippen LogP contribution >= 0.6 is 11.8 Å². The molecule has 4 aromatic carbocycles. The number of hydrogen-bond acceptors (Lipinski definition) is 5. The van der Waals surface area contributed by atoms with Crippen molar-refractivity contribution in [1.29, 1.82) is 0 Å². The quantitative estimate of drug-likeness (QED) is 0.0964. The molecule has 0 fully saturated rings. The molecule has 48 heavy (non-hydrogen) atoms. The molecule has 4 aromatic rings. The van der Waals surface area contributed by atoms with Crippen molar-refractivity contribution >= 4 is 40.7 Å². The first-order chi connectivity index (χ1) is 23.5. The van der Waals surface area contributed by atoms with Gasteiger partial charge in [0.15, 0.2) is 5.17 Å². The van der Waals surface area contributed by atoms with E-state index in [1.54, 1.807) is 55.5 Å². The molecular weight excluding hydrogens is 619 g/mol. The molecule has 0 saturated carbocycles. The molecule has 0 atom stereocenters. The summed E-state index contributed by atoms with van der Waals surface area (Å²) in [5.41, 5.74) is 3.94. The van der Waals surface area contributed by atoms with Crippen molar-refractivity contribution in [2.45, 2.75) is 19.6 Å². The number of ether oxygens (including phenoxy) is 1. The number of benzene rings is 4. The van der Waals surface area contributed by atoms with Crippen LogP contribution in [0.25, 0.3) is 6.08 Å². The van der Waals surface area contributed by atoms with E-state index in [1.807, 2.05) is 91.0 Å². The summed E-state index contributed by atoms with van der Waals surface area (Å²) in [5, 5.41) is 3.21. The number of hydrogen-bond donors (Lipinski definition) is 1. The number of thioether (sulfide) groups is 1. The average molecular weight is 654 g/mol. The van der Waals surface area contributed by atoms with Gasteiger partial charge in [0.2, 0.25) is 5.91 Å². The molecule has 240 valence electrons. The maximum absolute atomic E-state index is 13.9. The Morgan fingerprint density at radius 1 is 0.896 bits per heavy atom. The Labute approximate surface area is 285 Å². The number of carbonyl (C=O) groups excluding carboxylic acids is 3. The lowest BCUT2D eigenvalue weighted by molar-refractivity contribution is -0.126. The molecule has 7 nitrogen and oxygen atoms in total. The van der Waals surface area contributed by atoms with Gasteiger partial charge >= 0.3 is 0 Å². The molecule has 0 spiro atoms. The summed E-state index contributed by atoms with van der Waals surface area (Å²) in [5.74, 6) is -0.919. The minimum absolute atomic E-state index is 0.0717. The molecule has 8 heteroatoms. The number of amidine groups is 1. The van der Waals surface area contributed by atoms with Crippen molar-refractivity contribution < 1.29 is 19.1 Å². The minimum atomic E-state index is -0.682. The second kappa shape index (κ2) is 16.7. The standard InChI is InChI=1S/C40H35N3O4S/c1-3-5-21-33(4-2)43-39(46)35(26-29-22-24-34(25-23-29)47-27-30-15-9-6-10-16-30)38(45)42-40(43)48-28-36(44)41-37(31-17-11-7-12-18-31)32-19-13-8-14-20-32/h3-26,37H,1,27-28H2,2H3,(H,41,44)/b21-5-,33-4+,35-26+. The van der Waals surface area contributed by atoms with Crippen LogP contribution in [0.4, 0.5) is 0 Å². The van der Waals surface area contributed by atoms with E-state index in [9.17, 15) is 14.4 Å². The average Bonchev–Trinajstić information content (AvgIpc) is 3.13. The zero-order valence-electron chi connectivity index (χ0n) is 26.5. The topological polar surface area (TPSA) is 88.1 Å². The Bertz CT molecular complexity index is 1830. The van der Waals surface area contributed by atoms with Crippen LogP contribution in [-0.2, 0) is 21.0 Å². The lowest BCUT2D eigenvalue weighted by Gasteiger charge is -2.28. The van der Waals surface area contributed by atoms with Crippen LogP contribution in [0.3, 0.4) is 0 Å². The van der Waals surface area contributed by atoms with E-state index in [4.69, 9.17) is 4.74 Å². The summed E-state index contributed by atoms with van der Waals surface area (Å²) in [6.45, 7) is 5.93. The van der Waals surface area contributed by atoms with Gasteiger partial charge in [0.25, 0.3) is 11.8 Å². The van der Waals surface area contributed by atoms with Gasteiger partial charge < -0.3 is 10.1 Å². The molecule has 0 aliphatic carbocycles. The lowest BCUT2D eigenvalue weighted by Crippen LogP contribution is -2.42. The van der Waals surface area contributed by atoms with Gasteiger partial charge in [-0.3, -0.25) is 19.3 Å². The highest BCUT2D eigenvalue weighted by Gasteiger charge is 2.35. The fourth-order valence-corrected chi connectivity index (χ4v) is 5.77. The lowest BCUT2D eigenvalue weighted by atomic mass is 9.99. The van der Waals surface area contributed by atoms with Crippen molar-refractivity contribution in [2.75, 3.05) is 5.75 Å². The van der Waals surface area contributed by atoms with Gasteiger partial charge in [-0.25, -0.2) is 0 Å². The summed E-state index contributed by atoms with van der Waals surface area (Å²) in [4.78, 5) is 46.3. The van der Waals surface area contributed by atoms with Gasteiger partial charge in [0.05, 0.1) is 11.8 Å². The van der Waals surface area contributed by atoms with Crippen LogP contribution in [-0.4, -0.2) is 33.5 Å². The molecule has 5 rings (SSSR count). The molecule has 0 saturated heterocycles. The Morgan fingerprint density at radius 3 is 2.08 bits per heavy atom. The molecular formula is C40H35N3O4S. The third-order valence-corrected chi connectivity index (χ3v) is 8.29. The predicted molar refractivity (Wildman–Crippen MR) is 193 cm³/mol. The molecule has 0 bridgehead atoms. The van der Waals surface area contributed by atoms with Crippen LogP contribution in [0.1, 0.15) is 35.2 Å². The van der Waals surface area contributed by atoms with E-state index < -0.39 is 11.8 Å². The molecule has 1 heterocycles. The van der Waals surface area contributed by atoms with Gasteiger partial charge in [-0.15, -0.1) is 0 Å². The molecule has 1 aliphatic heterocycles. The highest BCUT2D eigenvalue weighted by molar-refractivity contribution is 8.14. The van der Waals surface area contributed by atoms with Crippen LogP contribution in [0.15, 0.2) is 162 Å². The number of nitrogens with one attached hydrogen (secondary N) is 1. The zero-order chi connectivity index (χ0) is 33.7. The SMILES string of the molecule is C=C/C=C\C(=C/C)N1C(=O)/C(=C/c2ccc(OCc3ccccc3)cc2)C(=O)N=C1SCC(=O)NC(c1ccccc1)c1ccccc1. The summed E-state index contributed by atoms with van der Waals surface area (Å²) in [6, 6.07) is 36.0. The first kappa shape index (κ1) is 33.6. The van der Waals surface area contributed by atoms with Crippen LogP contribution in [0.2, 0.25) is 0 Å². The van der Waals surface area contributed by atoms with Crippen LogP contribution in [0.5, 0.6) is 5.75 Å². The monoisotopic (exact) mass is 653 g/mol. The van der Waals surface area contributed by atoms with Crippen molar-refractivity contribution in [3.8, 4) is 5.75 Å². The summed E-state index contributed by atoms with van der Waals surface area (Å²) >= 11 is 1.02. The maximum atomic E-state index is 13.9. The van der Waals surface area contributed by atoms with Crippen molar-refractivity contribution in [2.24, 2.45) is 4.99 Å². The van der Waals surface area contributed by atoms with Gasteiger partial charge in [-0.05, 0) is 53.5 Å². The highest BCUT2D eigenvalue weighted by Crippen LogP contribution is 2.27.